The highest BCUT2D eigenvalue weighted by Crippen LogP contribution is 2.31. The molecule has 1 aromatic carbocycles. The highest BCUT2D eigenvalue weighted by molar-refractivity contribution is 5.99. The van der Waals surface area contributed by atoms with Crippen LogP contribution in [0.3, 0.4) is 0 Å². The second-order valence-corrected chi connectivity index (χ2v) is 4.65. The predicted octanol–water partition coefficient (Wildman–Crippen LogP) is 3.55. The average molecular weight is 288 g/mol. The van der Waals surface area contributed by atoms with Crippen molar-refractivity contribution in [3.05, 3.63) is 29.3 Å². The Kier molecular flexibility index (Phi) is 5.03. The van der Waals surface area contributed by atoms with Gasteiger partial charge in [-0.1, -0.05) is 6.92 Å². The molecule has 0 fully saturated rings. The van der Waals surface area contributed by atoms with Crippen LogP contribution in [-0.2, 0) is 6.18 Å². The summed E-state index contributed by atoms with van der Waals surface area (Å²) in [6.45, 7) is 5.97. The van der Waals surface area contributed by atoms with Gasteiger partial charge in [0, 0.05) is 18.3 Å². The molecular weight excluding hydrogens is 269 g/mol. The largest absolute Gasteiger partial charge is 0.416 e. The zero-order valence-electron chi connectivity index (χ0n) is 11.8. The molecule has 0 aromatic heterocycles. The standard InChI is InChI=1S/C14H19F3N2O/c1-4-9(3)19(5-2)13(20)11-8-10(14(15,16)17)6-7-12(11)18/h6-9H,4-5,18H2,1-3H3. The van der Waals surface area contributed by atoms with E-state index in [4.69, 9.17) is 5.73 Å². The Morgan fingerprint density at radius 1 is 1.35 bits per heavy atom. The van der Waals surface area contributed by atoms with Crippen LogP contribution in [0.25, 0.3) is 0 Å². The van der Waals surface area contributed by atoms with Crippen molar-refractivity contribution in [3.8, 4) is 0 Å². The van der Waals surface area contributed by atoms with E-state index in [1.54, 1.807) is 6.92 Å². The van der Waals surface area contributed by atoms with Gasteiger partial charge >= 0.3 is 6.18 Å². The highest BCUT2D eigenvalue weighted by Gasteiger charge is 2.32. The lowest BCUT2D eigenvalue weighted by atomic mass is 10.1. The normalized spacial score (nSPS) is 13.1. The molecule has 0 radical (unpaired) electrons. The van der Waals surface area contributed by atoms with Crippen LogP contribution < -0.4 is 5.73 Å². The molecule has 0 spiro atoms. The van der Waals surface area contributed by atoms with Crippen molar-refractivity contribution in [1.82, 2.24) is 4.90 Å². The summed E-state index contributed by atoms with van der Waals surface area (Å²) in [6, 6.07) is 2.77. The molecule has 1 amide bonds. The van der Waals surface area contributed by atoms with Gasteiger partial charge in [-0.05, 0) is 38.5 Å². The highest BCUT2D eigenvalue weighted by atomic mass is 19.4. The molecule has 0 aliphatic rings. The van der Waals surface area contributed by atoms with E-state index in [9.17, 15) is 18.0 Å². The molecule has 1 atom stereocenters. The number of anilines is 1. The van der Waals surface area contributed by atoms with Crippen molar-refractivity contribution in [2.75, 3.05) is 12.3 Å². The molecule has 1 unspecified atom stereocenters. The maximum Gasteiger partial charge on any atom is 0.416 e. The minimum Gasteiger partial charge on any atom is -0.398 e. The Morgan fingerprint density at radius 2 is 1.95 bits per heavy atom. The van der Waals surface area contributed by atoms with Gasteiger partial charge in [-0.15, -0.1) is 0 Å². The van der Waals surface area contributed by atoms with Gasteiger partial charge in [0.25, 0.3) is 5.91 Å². The van der Waals surface area contributed by atoms with Crippen molar-refractivity contribution in [2.45, 2.75) is 39.4 Å². The van der Waals surface area contributed by atoms with E-state index in [1.807, 2.05) is 13.8 Å². The summed E-state index contributed by atoms with van der Waals surface area (Å²) in [7, 11) is 0. The summed E-state index contributed by atoms with van der Waals surface area (Å²) in [4.78, 5) is 13.9. The molecule has 0 aliphatic carbocycles. The molecule has 20 heavy (non-hydrogen) atoms. The number of benzene rings is 1. The van der Waals surface area contributed by atoms with E-state index in [0.717, 1.165) is 24.6 Å². The minimum absolute atomic E-state index is 0.0542. The van der Waals surface area contributed by atoms with Gasteiger partial charge in [-0.3, -0.25) is 4.79 Å². The van der Waals surface area contributed by atoms with Gasteiger partial charge in [0.05, 0.1) is 11.1 Å². The Hall–Kier alpha value is -1.72. The molecule has 3 nitrogen and oxygen atoms in total. The molecule has 0 aliphatic heterocycles. The van der Waals surface area contributed by atoms with Crippen molar-refractivity contribution in [2.24, 2.45) is 0 Å². The number of carbonyl (C=O) groups is 1. The predicted molar refractivity (Wildman–Crippen MR) is 72.3 cm³/mol. The lowest BCUT2D eigenvalue weighted by Crippen LogP contribution is -2.38. The van der Waals surface area contributed by atoms with Crippen molar-refractivity contribution in [3.63, 3.8) is 0 Å². The van der Waals surface area contributed by atoms with Crippen LogP contribution in [-0.4, -0.2) is 23.4 Å². The van der Waals surface area contributed by atoms with E-state index in [1.165, 1.54) is 4.90 Å². The second-order valence-electron chi connectivity index (χ2n) is 4.65. The zero-order chi connectivity index (χ0) is 15.5. The van der Waals surface area contributed by atoms with Crippen LogP contribution in [0.5, 0.6) is 0 Å². The Morgan fingerprint density at radius 3 is 2.40 bits per heavy atom. The molecule has 0 saturated heterocycles. The molecule has 1 rings (SSSR count). The van der Waals surface area contributed by atoms with Crippen molar-refractivity contribution < 1.29 is 18.0 Å². The van der Waals surface area contributed by atoms with Gasteiger partial charge in [-0.2, -0.15) is 13.2 Å². The first-order chi connectivity index (χ1) is 9.22. The summed E-state index contributed by atoms with van der Waals surface area (Å²) in [5.74, 6) is -0.467. The number of nitrogens with two attached hydrogens (primary N) is 1. The van der Waals surface area contributed by atoms with Crippen LogP contribution in [0.4, 0.5) is 18.9 Å². The Bertz CT molecular complexity index is 486. The number of hydrogen-bond acceptors (Lipinski definition) is 2. The fraction of sp³-hybridized carbons (Fsp3) is 0.500. The van der Waals surface area contributed by atoms with Crippen molar-refractivity contribution in [1.29, 1.82) is 0 Å². The first-order valence-corrected chi connectivity index (χ1v) is 6.50. The van der Waals surface area contributed by atoms with E-state index in [-0.39, 0.29) is 17.3 Å². The molecule has 6 heteroatoms. The van der Waals surface area contributed by atoms with Gasteiger partial charge in [0.15, 0.2) is 0 Å². The molecule has 0 heterocycles. The summed E-state index contributed by atoms with van der Waals surface area (Å²) in [5, 5.41) is 0. The van der Waals surface area contributed by atoms with Crippen LogP contribution in [0, 0.1) is 0 Å². The van der Waals surface area contributed by atoms with Crippen LogP contribution in [0.1, 0.15) is 43.1 Å². The van der Waals surface area contributed by atoms with E-state index < -0.39 is 17.6 Å². The van der Waals surface area contributed by atoms with Crippen molar-refractivity contribution >= 4 is 11.6 Å². The number of carbonyl (C=O) groups excluding carboxylic acids is 1. The molecular formula is C14H19F3N2O. The molecule has 1 aromatic rings. The number of halogens is 3. The van der Waals surface area contributed by atoms with E-state index >= 15 is 0 Å². The lowest BCUT2D eigenvalue weighted by molar-refractivity contribution is -0.137. The fourth-order valence-electron chi connectivity index (χ4n) is 1.95. The maximum absolute atomic E-state index is 12.7. The van der Waals surface area contributed by atoms with Crippen LogP contribution >= 0.6 is 0 Å². The molecule has 2 N–H and O–H groups in total. The number of nitrogens with zero attached hydrogens (tertiary/aromatic N) is 1. The summed E-state index contributed by atoms with van der Waals surface area (Å²) in [5.41, 5.74) is 4.75. The number of amides is 1. The quantitative estimate of drug-likeness (QED) is 0.861. The third kappa shape index (κ3) is 3.43. The lowest BCUT2D eigenvalue weighted by Gasteiger charge is -2.28. The number of alkyl halides is 3. The van der Waals surface area contributed by atoms with E-state index in [2.05, 4.69) is 0 Å². The average Bonchev–Trinajstić information content (AvgIpc) is 2.38. The third-order valence-corrected chi connectivity index (χ3v) is 3.34. The molecule has 0 bridgehead atoms. The summed E-state index contributed by atoms with van der Waals surface area (Å²) >= 11 is 0. The number of nitrogen functional groups attached to an aromatic ring is 1. The topological polar surface area (TPSA) is 46.3 Å². The van der Waals surface area contributed by atoms with Gasteiger partial charge in [0.2, 0.25) is 0 Å². The monoisotopic (exact) mass is 288 g/mol. The minimum atomic E-state index is -4.49. The first kappa shape index (κ1) is 16.3. The molecule has 112 valence electrons. The smallest absolute Gasteiger partial charge is 0.398 e. The van der Waals surface area contributed by atoms with Crippen LogP contribution in [0.15, 0.2) is 18.2 Å². The number of hydrogen-bond donors (Lipinski definition) is 1. The van der Waals surface area contributed by atoms with Gasteiger partial charge in [-0.25, -0.2) is 0 Å². The summed E-state index contributed by atoms with van der Waals surface area (Å²) < 4.78 is 38.1. The second kappa shape index (κ2) is 6.15. The zero-order valence-corrected chi connectivity index (χ0v) is 11.8. The molecule has 0 saturated carbocycles. The van der Waals surface area contributed by atoms with Gasteiger partial charge < -0.3 is 10.6 Å². The Labute approximate surface area is 116 Å². The third-order valence-electron chi connectivity index (χ3n) is 3.34. The maximum atomic E-state index is 12.7. The Balaban J connectivity index is 3.21. The van der Waals surface area contributed by atoms with E-state index in [0.29, 0.717) is 6.54 Å². The fourth-order valence-corrected chi connectivity index (χ4v) is 1.95. The SMILES string of the molecule is CCC(C)N(CC)C(=O)c1cc(C(F)(F)F)ccc1N. The number of rotatable bonds is 4. The summed E-state index contributed by atoms with van der Waals surface area (Å²) in [6.07, 6.45) is -3.77. The first-order valence-electron chi connectivity index (χ1n) is 6.50. The van der Waals surface area contributed by atoms with Gasteiger partial charge in [0.1, 0.15) is 0 Å². The van der Waals surface area contributed by atoms with Crippen LogP contribution in [0.2, 0.25) is 0 Å².